The molecule has 1 aliphatic heterocycles. The van der Waals surface area contributed by atoms with E-state index in [1.807, 2.05) is 0 Å². The summed E-state index contributed by atoms with van der Waals surface area (Å²) in [6, 6.07) is 0. The summed E-state index contributed by atoms with van der Waals surface area (Å²) in [5.41, 5.74) is 0. The highest BCUT2D eigenvalue weighted by Crippen LogP contribution is 2.36. The molecule has 0 radical (unpaired) electrons. The normalized spacial score (nSPS) is 25.9. The molecule has 1 aliphatic rings. The zero-order valence-electron chi connectivity index (χ0n) is 11.2. The molecule has 1 rings (SSSR count). The van der Waals surface area contributed by atoms with E-state index in [1.165, 1.54) is 12.3 Å². The van der Waals surface area contributed by atoms with E-state index in [-0.39, 0.29) is 17.4 Å². The fourth-order valence-electron chi connectivity index (χ4n) is 1.20. The highest BCUT2D eigenvalue weighted by Gasteiger charge is 2.39. The van der Waals surface area contributed by atoms with Gasteiger partial charge in [-0.15, -0.1) is 0 Å². The fourth-order valence-corrected chi connectivity index (χ4v) is 2.21. The molecular weight excluding hydrogens is 236 g/mol. The van der Waals surface area contributed by atoms with E-state index >= 15 is 0 Å². The summed E-state index contributed by atoms with van der Waals surface area (Å²) in [6.45, 7) is 10.9. The van der Waals surface area contributed by atoms with Gasteiger partial charge >= 0.3 is 0 Å². The second kappa shape index (κ2) is 4.92. The van der Waals surface area contributed by atoms with Crippen LogP contribution in [0.3, 0.4) is 0 Å². The summed E-state index contributed by atoms with van der Waals surface area (Å²) in [4.78, 5) is 11.3. The number of hydrogen-bond acceptors (Lipinski definition) is 4. The Hall–Kier alpha value is -0.653. The minimum absolute atomic E-state index is 0.104. The molecule has 0 fully saturated rings. The second-order valence-electron chi connectivity index (χ2n) is 5.90. The van der Waals surface area contributed by atoms with Crippen molar-refractivity contribution in [3.8, 4) is 0 Å². The number of rotatable bonds is 3. The maximum Gasteiger partial charge on any atom is 0.192 e. The van der Waals surface area contributed by atoms with Gasteiger partial charge in [-0.3, -0.25) is 4.79 Å². The molecule has 1 N–H and O–H groups in total. The summed E-state index contributed by atoms with van der Waals surface area (Å²) in [5, 5.41) is 9.75. The number of hydrogen-bond donors (Lipinski definition) is 1. The average molecular weight is 258 g/mol. The molecule has 0 aromatic rings. The largest absolute Gasteiger partial charge is 0.492 e. The molecule has 98 valence electrons. The van der Waals surface area contributed by atoms with Gasteiger partial charge in [-0.1, -0.05) is 20.8 Å². The molecular formula is C12H22O4Si. The van der Waals surface area contributed by atoms with E-state index in [1.54, 1.807) is 0 Å². The van der Waals surface area contributed by atoms with Crippen molar-refractivity contribution in [2.45, 2.75) is 51.1 Å². The average Bonchev–Trinajstić information content (AvgIpc) is 2.18. The number of ketones is 1. The Bertz CT molecular complexity index is 317. The van der Waals surface area contributed by atoms with Crippen molar-refractivity contribution >= 4 is 14.1 Å². The lowest BCUT2D eigenvalue weighted by atomic mass is 10.1. The maximum absolute atomic E-state index is 11.3. The molecule has 1 heterocycles. The molecule has 17 heavy (non-hydrogen) atoms. The molecule has 0 aromatic heterocycles. The summed E-state index contributed by atoms with van der Waals surface area (Å²) in [5.74, 6) is -0.319. The van der Waals surface area contributed by atoms with Gasteiger partial charge in [0.15, 0.2) is 26.3 Å². The summed E-state index contributed by atoms with van der Waals surface area (Å²) in [6.07, 6.45) is 0.883. The maximum atomic E-state index is 11.3. The summed E-state index contributed by atoms with van der Waals surface area (Å²) >= 11 is 0. The fraction of sp³-hybridized carbons (Fsp3) is 0.750. The van der Waals surface area contributed by atoms with Crippen molar-refractivity contribution < 1.29 is 19.1 Å². The van der Waals surface area contributed by atoms with Gasteiger partial charge in [0.05, 0.1) is 12.9 Å². The van der Waals surface area contributed by atoms with E-state index in [2.05, 4.69) is 33.9 Å². The number of ether oxygens (including phenoxy) is 1. The molecule has 0 saturated carbocycles. The zero-order valence-corrected chi connectivity index (χ0v) is 12.2. The quantitative estimate of drug-likeness (QED) is 0.785. The Morgan fingerprint density at radius 2 is 2.06 bits per heavy atom. The number of carbonyl (C=O) groups excluding carboxylic acids is 1. The predicted octanol–water partition coefficient (Wildman–Crippen LogP) is 1.85. The third kappa shape index (κ3) is 3.40. The van der Waals surface area contributed by atoms with Crippen LogP contribution in [0.15, 0.2) is 12.3 Å². The lowest BCUT2D eigenvalue weighted by molar-refractivity contribution is -0.132. The molecule has 0 spiro atoms. The number of aliphatic hydroxyl groups is 1. The number of aliphatic hydroxyl groups excluding tert-OH is 1. The van der Waals surface area contributed by atoms with Gasteiger partial charge in [-0.05, 0) is 18.1 Å². The van der Waals surface area contributed by atoms with Crippen LogP contribution in [0.2, 0.25) is 18.1 Å². The first-order valence-corrected chi connectivity index (χ1v) is 8.74. The van der Waals surface area contributed by atoms with Gasteiger partial charge in [-0.2, -0.15) is 0 Å². The summed E-state index contributed by atoms with van der Waals surface area (Å²) < 4.78 is 11.1. The minimum atomic E-state index is -1.87. The number of carbonyl (C=O) groups is 1. The van der Waals surface area contributed by atoms with Crippen molar-refractivity contribution in [1.29, 1.82) is 0 Å². The molecule has 0 aliphatic carbocycles. The topological polar surface area (TPSA) is 55.8 Å². The Morgan fingerprint density at radius 3 is 2.59 bits per heavy atom. The molecule has 0 amide bonds. The van der Waals surface area contributed by atoms with Gasteiger partial charge in [0.1, 0.15) is 0 Å². The van der Waals surface area contributed by atoms with Crippen LogP contribution < -0.4 is 0 Å². The third-order valence-electron chi connectivity index (χ3n) is 3.54. The molecule has 0 unspecified atom stereocenters. The van der Waals surface area contributed by atoms with Crippen LogP contribution in [-0.2, 0) is 14.0 Å². The van der Waals surface area contributed by atoms with Gasteiger partial charge < -0.3 is 14.3 Å². The minimum Gasteiger partial charge on any atom is -0.492 e. The highest BCUT2D eigenvalue weighted by molar-refractivity contribution is 6.74. The van der Waals surface area contributed by atoms with Gasteiger partial charge in [0.25, 0.3) is 0 Å². The van der Waals surface area contributed by atoms with Crippen molar-refractivity contribution in [2.24, 2.45) is 0 Å². The van der Waals surface area contributed by atoms with Gasteiger partial charge in [-0.25, -0.2) is 0 Å². The monoisotopic (exact) mass is 258 g/mol. The van der Waals surface area contributed by atoms with E-state index in [9.17, 15) is 9.90 Å². The molecule has 0 bridgehead atoms. The predicted molar refractivity (Wildman–Crippen MR) is 68.2 cm³/mol. The van der Waals surface area contributed by atoms with E-state index in [0.29, 0.717) is 0 Å². The molecule has 4 nitrogen and oxygen atoms in total. The van der Waals surface area contributed by atoms with E-state index < -0.39 is 20.5 Å². The summed E-state index contributed by atoms with van der Waals surface area (Å²) in [7, 11) is -1.87. The van der Waals surface area contributed by atoms with E-state index in [4.69, 9.17) is 9.16 Å². The van der Waals surface area contributed by atoms with E-state index in [0.717, 1.165) is 0 Å². The van der Waals surface area contributed by atoms with Crippen LogP contribution in [0, 0.1) is 0 Å². The van der Waals surface area contributed by atoms with Gasteiger partial charge in [0.2, 0.25) is 0 Å². The SMILES string of the molecule is CC(C)(C)[Si](C)(C)OC[C@@H]1OC=CC(=O)[C@@H]1O. The standard InChI is InChI=1S/C12H22O4Si/c1-12(2,3)17(4,5)16-8-10-11(14)9(13)6-7-15-10/h6-7,10-11,14H,8H2,1-5H3/t10-,11-/m0/s1. The smallest absolute Gasteiger partial charge is 0.192 e. The lowest BCUT2D eigenvalue weighted by Gasteiger charge is -2.37. The molecule has 0 aromatic carbocycles. The van der Waals surface area contributed by atoms with Crippen LogP contribution >= 0.6 is 0 Å². The lowest BCUT2D eigenvalue weighted by Crippen LogP contribution is -2.47. The van der Waals surface area contributed by atoms with Crippen LogP contribution in [0.25, 0.3) is 0 Å². The molecule has 0 saturated heterocycles. The Kier molecular flexibility index (Phi) is 4.17. The van der Waals surface area contributed by atoms with Crippen molar-refractivity contribution in [3.05, 3.63) is 12.3 Å². The van der Waals surface area contributed by atoms with Crippen LogP contribution in [0.1, 0.15) is 20.8 Å². The van der Waals surface area contributed by atoms with Crippen molar-refractivity contribution in [2.75, 3.05) is 6.61 Å². The third-order valence-corrected chi connectivity index (χ3v) is 8.04. The molecule has 5 heteroatoms. The van der Waals surface area contributed by atoms with Crippen molar-refractivity contribution in [3.63, 3.8) is 0 Å². The first-order valence-electron chi connectivity index (χ1n) is 5.83. The van der Waals surface area contributed by atoms with Gasteiger partial charge in [0, 0.05) is 6.08 Å². The zero-order chi connectivity index (χ0) is 13.3. The second-order valence-corrected chi connectivity index (χ2v) is 10.7. The Balaban J connectivity index is 2.57. The Labute approximate surface area is 104 Å². The van der Waals surface area contributed by atoms with Crippen LogP contribution in [-0.4, -0.2) is 38.0 Å². The molecule has 2 atom stereocenters. The first kappa shape index (κ1) is 14.4. The highest BCUT2D eigenvalue weighted by atomic mass is 28.4. The Morgan fingerprint density at radius 1 is 1.47 bits per heavy atom. The van der Waals surface area contributed by atoms with Crippen LogP contribution in [0.4, 0.5) is 0 Å². The van der Waals surface area contributed by atoms with Crippen LogP contribution in [0.5, 0.6) is 0 Å². The first-order chi connectivity index (χ1) is 7.65. The van der Waals surface area contributed by atoms with Crippen molar-refractivity contribution in [1.82, 2.24) is 0 Å².